The van der Waals surface area contributed by atoms with Gasteiger partial charge in [-0.1, -0.05) is 6.92 Å². The highest BCUT2D eigenvalue weighted by molar-refractivity contribution is 7.91. The van der Waals surface area contributed by atoms with E-state index in [1.807, 2.05) is 0 Å². The molecule has 1 aromatic heterocycles. The highest BCUT2D eigenvalue weighted by atomic mass is 32.2. The lowest BCUT2D eigenvalue weighted by atomic mass is 10.4. The Kier molecular flexibility index (Phi) is 4.02. The van der Waals surface area contributed by atoms with Crippen molar-refractivity contribution in [2.75, 3.05) is 11.5 Å². The Morgan fingerprint density at radius 1 is 1.53 bits per heavy atom. The molecular formula is C9H14N2O3S. The van der Waals surface area contributed by atoms with E-state index in [1.165, 1.54) is 6.20 Å². The average Bonchev–Trinajstić information content (AvgIpc) is 2.66. The smallest absolute Gasteiger partial charge is 0.153 e. The fraction of sp³-hybridized carbons (Fsp3) is 0.556. The normalized spacial score (nSPS) is 11.5. The van der Waals surface area contributed by atoms with Gasteiger partial charge in [-0.15, -0.1) is 0 Å². The molecule has 0 amide bonds. The Morgan fingerprint density at radius 2 is 2.27 bits per heavy atom. The predicted molar refractivity (Wildman–Crippen MR) is 56.6 cm³/mol. The SMILES string of the molecule is CCS(=O)(=O)CCCn1cc(C=O)cn1. The molecule has 0 saturated carbocycles. The summed E-state index contributed by atoms with van der Waals surface area (Å²) in [5.41, 5.74) is 0.508. The quantitative estimate of drug-likeness (QED) is 0.668. The summed E-state index contributed by atoms with van der Waals surface area (Å²) in [4.78, 5) is 10.3. The summed E-state index contributed by atoms with van der Waals surface area (Å²) < 4.78 is 23.9. The molecule has 15 heavy (non-hydrogen) atoms. The minimum absolute atomic E-state index is 0.166. The van der Waals surface area contributed by atoms with Gasteiger partial charge in [0.05, 0.1) is 17.5 Å². The van der Waals surface area contributed by atoms with Crippen molar-refractivity contribution in [2.45, 2.75) is 19.9 Å². The number of carbonyl (C=O) groups is 1. The van der Waals surface area contributed by atoms with E-state index >= 15 is 0 Å². The predicted octanol–water partition coefficient (Wildman–Crippen LogP) is 0.520. The van der Waals surface area contributed by atoms with Crippen LogP contribution in [0, 0.1) is 0 Å². The summed E-state index contributed by atoms with van der Waals surface area (Å²) in [6.45, 7) is 2.15. The van der Waals surface area contributed by atoms with Crippen LogP contribution in [-0.4, -0.2) is 36.0 Å². The molecule has 6 heteroatoms. The van der Waals surface area contributed by atoms with Crippen molar-refractivity contribution in [1.82, 2.24) is 9.78 Å². The molecule has 0 fully saturated rings. The Morgan fingerprint density at radius 3 is 2.80 bits per heavy atom. The summed E-state index contributed by atoms with van der Waals surface area (Å²) >= 11 is 0. The molecule has 0 aliphatic carbocycles. The lowest BCUT2D eigenvalue weighted by molar-refractivity contribution is 0.112. The van der Waals surface area contributed by atoms with Crippen LogP contribution in [0.15, 0.2) is 12.4 Å². The van der Waals surface area contributed by atoms with Gasteiger partial charge in [-0.3, -0.25) is 9.48 Å². The highest BCUT2D eigenvalue weighted by Gasteiger charge is 2.06. The van der Waals surface area contributed by atoms with Gasteiger partial charge in [0.2, 0.25) is 0 Å². The molecule has 0 unspecified atom stereocenters. The van der Waals surface area contributed by atoms with Gasteiger partial charge in [-0.05, 0) is 6.42 Å². The second kappa shape index (κ2) is 5.06. The van der Waals surface area contributed by atoms with Crippen molar-refractivity contribution in [1.29, 1.82) is 0 Å². The lowest BCUT2D eigenvalue weighted by Crippen LogP contribution is -2.11. The lowest BCUT2D eigenvalue weighted by Gasteiger charge is -2.01. The molecule has 0 bridgehead atoms. The van der Waals surface area contributed by atoms with Gasteiger partial charge in [-0.2, -0.15) is 5.10 Å². The Hall–Kier alpha value is -1.17. The van der Waals surface area contributed by atoms with Crippen LogP contribution in [0.3, 0.4) is 0 Å². The topological polar surface area (TPSA) is 69.0 Å². The third-order valence-corrected chi connectivity index (χ3v) is 3.86. The summed E-state index contributed by atoms with van der Waals surface area (Å²) in [6.07, 6.45) is 4.30. The van der Waals surface area contributed by atoms with Crippen molar-refractivity contribution >= 4 is 16.1 Å². The first kappa shape index (κ1) is 11.9. The third-order valence-electron chi connectivity index (χ3n) is 2.07. The van der Waals surface area contributed by atoms with Crippen LogP contribution in [0.1, 0.15) is 23.7 Å². The molecule has 0 spiro atoms. The van der Waals surface area contributed by atoms with Crippen LogP contribution < -0.4 is 0 Å². The van der Waals surface area contributed by atoms with E-state index in [2.05, 4.69) is 5.10 Å². The Bertz CT molecular complexity index is 422. The minimum atomic E-state index is -2.90. The van der Waals surface area contributed by atoms with E-state index in [4.69, 9.17) is 0 Å². The van der Waals surface area contributed by atoms with Crippen molar-refractivity contribution < 1.29 is 13.2 Å². The van der Waals surface area contributed by atoms with Gasteiger partial charge in [0.1, 0.15) is 9.84 Å². The second-order valence-electron chi connectivity index (χ2n) is 3.24. The summed E-state index contributed by atoms with van der Waals surface area (Å²) in [5, 5.41) is 3.92. The van der Waals surface area contributed by atoms with Gasteiger partial charge in [0.25, 0.3) is 0 Å². The number of nitrogens with zero attached hydrogens (tertiary/aromatic N) is 2. The van der Waals surface area contributed by atoms with Crippen molar-refractivity contribution in [3.63, 3.8) is 0 Å². The largest absolute Gasteiger partial charge is 0.298 e. The first-order valence-electron chi connectivity index (χ1n) is 4.75. The minimum Gasteiger partial charge on any atom is -0.298 e. The van der Waals surface area contributed by atoms with Gasteiger partial charge >= 0.3 is 0 Å². The zero-order chi connectivity index (χ0) is 11.3. The molecule has 1 heterocycles. The first-order valence-corrected chi connectivity index (χ1v) is 6.57. The van der Waals surface area contributed by atoms with Gasteiger partial charge in [0, 0.05) is 18.5 Å². The van der Waals surface area contributed by atoms with E-state index in [0.29, 0.717) is 24.8 Å². The van der Waals surface area contributed by atoms with Gasteiger partial charge in [-0.25, -0.2) is 8.42 Å². The molecule has 0 N–H and O–H groups in total. The molecule has 0 atom stereocenters. The molecule has 0 radical (unpaired) electrons. The standard InChI is InChI=1S/C9H14N2O3S/c1-2-15(13,14)5-3-4-11-7-9(8-12)6-10-11/h6-8H,2-5H2,1H3. The molecular weight excluding hydrogens is 216 g/mol. The molecule has 0 saturated heterocycles. The monoisotopic (exact) mass is 230 g/mol. The van der Waals surface area contributed by atoms with Crippen LogP contribution >= 0.6 is 0 Å². The Labute approximate surface area is 89.0 Å². The molecule has 1 rings (SSSR count). The van der Waals surface area contributed by atoms with E-state index in [1.54, 1.807) is 17.8 Å². The molecule has 1 aromatic rings. The number of aromatic nitrogens is 2. The number of rotatable bonds is 6. The van der Waals surface area contributed by atoms with Gasteiger partial charge < -0.3 is 0 Å². The number of sulfone groups is 1. The summed E-state index contributed by atoms with van der Waals surface area (Å²) in [6, 6.07) is 0. The maximum absolute atomic E-state index is 11.2. The third kappa shape index (κ3) is 3.83. The first-order chi connectivity index (χ1) is 7.07. The number of carbonyl (C=O) groups excluding carboxylic acids is 1. The van der Waals surface area contributed by atoms with Crippen molar-refractivity contribution in [3.05, 3.63) is 18.0 Å². The second-order valence-corrected chi connectivity index (χ2v) is 5.72. The van der Waals surface area contributed by atoms with Gasteiger partial charge in [0.15, 0.2) is 6.29 Å². The van der Waals surface area contributed by atoms with E-state index in [9.17, 15) is 13.2 Å². The van der Waals surface area contributed by atoms with Crippen LogP contribution in [0.25, 0.3) is 0 Å². The number of aryl methyl sites for hydroxylation is 1. The van der Waals surface area contributed by atoms with E-state index in [0.717, 1.165) is 0 Å². The molecule has 84 valence electrons. The fourth-order valence-corrected chi connectivity index (χ4v) is 2.01. The Balaban J connectivity index is 2.41. The zero-order valence-corrected chi connectivity index (χ0v) is 9.40. The van der Waals surface area contributed by atoms with E-state index < -0.39 is 9.84 Å². The maximum Gasteiger partial charge on any atom is 0.153 e. The molecule has 5 nitrogen and oxygen atoms in total. The van der Waals surface area contributed by atoms with E-state index in [-0.39, 0.29) is 11.5 Å². The summed E-state index contributed by atoms with van der Waals surface area (Å²) in [5.74, 6) is 0.339. The number of hydrogen-bond acceptors (Lipinski definition) is 4. The zero-order valence-electron chi connectivity index (χ0n) is 8.59. The van der Waals surface area contributed by atoms with Crippen LogP contribution in [-0.2, 0) is 16.4 Å². The van der Waals surface area contributed by atoms with Crippen LogP contribution in [0.2, 0.25) is 0 Å². The fourth-order valence-electron chi connectivity index (χ4n) is 1.15. The molecule has 0 aliphatic rings. The molecule has 0 aliphatic heterocycles. The number of hydrogen-bond donors (Lipinski definition) is 0. The number of aldehydes is 1. The average molecular weight is 230 g/mol. The van der Waals surface area contributed by atoms with Crippen molar-refractivity contribution in [3.8, 4) is 0 Å². The highest BCUT2D eigenvalue weighted by Crippen LogP contribution is 1.98. The van der Waals surface area contributed by atoms with Crippen LogP contribution in [0.4, 0.5) is 0 Å². The molecule has 0 aromatic carbocycles. The van der Waals surface area contributed by atoms with Crippen molar-refractivity contribution in [2.24, 2.45) is 0 Å². The maximum atomic E-state index is 11.2. The summed E-state index contributed by atoms with van der Waals surface area (Å²) in [7, 11) is -2.90. The van der Waals surface area contributed by atoms with Crippen LogP contribution in [0.5, 0.6) is 0 Å².